The topological polar surface area (TPSA) is 79.9 Å². The van der Waals surface area contributed by atoms with Crippen LogP contribution in [0, 0.1) is 0 Å². The van der Waals surface area contributed by atoms with E-state index in [1.165, 1.54) is 10.5 Å². The van der Waals surface area contributed by atoms with Gasteiger partial charge in [-0.15, -0.1) is 0 Å². The summed E-state index contributed by atoms with van der Waals surface area (Å²) in [6.07, 6.45) is 0. The van der Waals surface area contributed by atoms with Gasteiger partial charge in [0.1, 0.15) is 6.61 Å². The van der Waals surface area contributed by atoms with E-state index in [4.69, 9.17) is 21.7 Å². The lowest BCUT2D eigenvalue weighted by Crippen LogP contribution is -2.34. The normalized spacial score (nSPS) is 12.8. The number of rotatable bonds is 9. The Kier molecular flexibility index (Phi) is 8.32. The first-order valence-electron chi connectivity index (χ1n) is 12.5. The number of carbonyl (C=O) groups is 2. The second-order valence-electron chi connectivity index (χ2n) is 10.1. The Labute approximate surface area is 229 Å². The van der Waals surface area contributed by atoms with Gasteiger partial charge in [0.25, 0.3) is 11.8 Å². The van der Waals surface area contributed by atoms with Crippen LogP contribution in [0.15, 0.2) is 66.7 Å². The third-order valence-corrected chi connectivity index (χ3v) is 6.69. The minimum absolute atomic E-state index is 0.128. The Balaban J connectivity index is 1.25. The molecule has 0 atom stereocenters. The van der Waals surface area contributed by atoms with Crippen LogP contribution in [-0.2, 0) is 18.5 Å². The van der Waals surface area contributed by atoms with Gasteiger partial charge in [-0.3, -0.25) is 14.5 Å². The molecule has 0 spiro atoms. The zero-order valence-corrected chi connectivity index (χ0v) is 23.0. The van der Waals surface area contributed by atoms with Gasteiger partial charge in [0.2, 0.25) is 0 Å². The van der Waals surface area contributed by atoms with Crippen LogP contribution in [-0.4, -0.2) is 42.1 Å². The zero-order valence-electron chi connectivity index (χ0n) is 22.2. The highest BCUT2D eigenvalue weighted by Crippen LogP contribution is 2.29. The molecule has 0 aliphatic carbocycles. The van der Waals surface area contributed by atoms with Gasteiger partial charge in [-0.2, -0.15) is 0 Å². The number of fused-ring (bicyclic) bond motifs is 1. The molecule has 2 amide bonds. The van der Waals surface area contributed by atoms with E-state index in [1.807, 2.05) is 18.2 Å². The SMILES string of the molecule is COc1cc(CNC(=S)NCc2ccc(C(C)(C)C)cc2)ccc1OCCN1C(=O)c2ccccc2C1=O. The van der Waals surface area contributed by atoms with Gasteiger partial charge in [-0.1, -0.05) is 63.2 Å². The van der Waals surface area contributed by atoms with Crippen molar-refractivity contribution in [3.63, 3.8) is 0 Å². The monoisotopic (exact) mass is 531 g/mol. The molecule has 0 saturated heterocycles. The molecule has 1 aliphatic heterocycles. The first kappa shape index (κ1) is 27.1. The van der Waals surface area contributed by atoms with Gasteiger partial charge < -0.3 is 20.1 Å². The van der Waals surface area contributed by atoms with Gasteiger partial charge in [0.05, 0.1) is 24.8 Å². The lowest BCUT2D eigenvalue weighted by Gasteiger charge is -2.19. The quantitative estimate of drug-likeness (QED) is 0.302. The molecular weight excluding hydrogens is 498 g/mol. The molecule has 0 bridgehead atoms. The number of benzene rings is 3. The average Bonchev–Trinajstić information content (AvgIpc) is 3.15. The molecule has 0 radical (unpaired) electrons. The number of carbonyl (C=O) groups excluding carboxylic acids is 2. The van der Waals surface area contributed by atoms with Crippen LogP contribution in [0.5, 0.6) is 11.5 Å². The Bertz CT molecular complexity index is 1300. The van der Waals surface area contributed by atoms with E-state index in [0.717, 1.165) is 11.1 Å². The third-order valence-electron chi connectivity index (χ3n) is 6.40. The second-order valence-corrected chi connectivity index (χ2v) is 10.5. The summed E-state index contributed by atoms with van der Waals surface area (Å²) < 4.78 is 11.4. The number of methoxy groups -OCH3 is 1. The standard InChI is InChI=1S/C30H33N3O4S/c1-30(2,3)22-12-9-20(10-13-22)18-31-29(38)32-19-21-11-14-25(26(17-21)36-4)37-16-15-33-27(34)23-7-5-6-8-24(23)28(33)35/h5-14,17H,15-16,18-19H2,1-4H3,(H2,31,32,38). The maximum atomic E-state index is 12.5. The molecular formula is C30H33N3O4S. The van der Waals surface area contributed by atoms with Crippen molar-refractivity contribution in [3.05, 3.63) is 94.5 Å². The van der Waals surface area contributed by atoms with E-state index in [9.17, 15) is 9.59 Å². The maximum absolute atomic E-state index is 12.5. The molecule has 1 heterocycles. The van der Waals surface area contributed by atoms with Gasteiger partial charge >= 0.3 is 0 Å². The largest absolute Gasteiger partial charge is 0.493 e. The van der Waals surface area contributed by atoms with Crippen LogP contribution in [0.1, 0.15) is 58.2 Å². The first-order valence-corrected chi connectivity index (χ1v) is 12.9. The highest BCUT2D eigenvalue weighted by molar-refractivity contribution is 7.80. The fraction of sp³-hybridized carbons (Fsp3) is 0.300. The lowest BCUT2D eigenvalue weighted by molar-refractivity contribution is 0.0631. The van der Waals surface area contributed by atoms with Gasteiger partial charge in [-0.05, 0) is 58.6 Å². The molecule has 8 heteroatoms. The number of hydrogen-bond acceptors (Lipinski definition) is 5. The molecule has 2 N–H and O–H groups in total. The minimum atomic E-state index is -0.297. The molecule has 3 aromatic carbocycles. The maximum Gasteiger partial charge on any atom is 0.261 e. The van der Waals surface area contributed by atoms with Gasteiger partial charge in [-0.25, -0.2) is 0 Å². The summed E-state index contributed by atoms with van der Waals surface area (Å²) in [6, 6.07) is 21.0. The van der Waals surface area contributed by atoms with Crippen LogP contribution >= 0.6 is 12.2 Å². The summed E-state index contributed by atoms with van der Waals surface area (Å²) in [5.41, 5.74) is 4.41. The van der Waals surface area contributed by atoms with Crippen LogP contribution in [0.25, 0.3) is 0 Å². The molecule has 4 rings (SSSR count). The minimum Gasteiger partial charge on any atom is -0.493 e. The molecule has 198 valence electrons. The molecule has 0 saturated carbocycles. The average molecular weight is 532 g/mol. The number of hydrogen-bond donors (Lipinski definition) is 2. The van der Waals surface area contributed by atoms with E-state index in [1.54, 1.807) is 31.4 Å². The molecule has 1 aliphatic rings. The van der Waals surface area contributed by atoms with Crippen molar-refractivity contribution in [1.82, 2.24) is 15.5 Å². The summed E-state index contributed by atoms with van der Waals surface area (Å²) in [4.78, 5) is 26.3. The van der Waals surface area contributed by atoms with Crippen molar-refractivity contribution in [2.75, 3.05) is 20.3 Å². The summed E-state index contributed by atoms with van der Waals surface area (Å²) in [7, 11) is 1.57. The fourth-order valence-corrected chi connectivity index (χ4v) is 4.32. The Morgan fingerprint density at radius 2 is 1.42 bits per heavy atom. The summed E-state index contributed by atoms with van der Waals surface area (Å²) >= 11 is 5.44. The number of ether oxygens (including phenoxy) is 2. The summed E-state index contributed by atoms with van der Waals surface area (Å²) in [5.74, 6) is 0.500. The Hall–Kier alpha value is -3.91. The van der Waals surface area contributed by atoms with E-state index in [0.29, 0.717) is 40.8 Å². The molecule has 0 unspecified atom stereocenters. The van der Waals surface area contributed by atoms with Crippen molar-refractivity contribution in [1.29, 1.82) is 0 Å². The third kappa shape index (κ3) is 6.31. The Morgan fingerprint density at radius 1 is 0.842 bits per heavy atom. The summed E-state index contributed by atoms with van der Waals surface area (Å²) in [6.45, 7) is 8.06. The predicted octanol–water partition coefficient (Wildman–Crippen LogP) is 4.83. The first-order chi connectivity index (χ1) is 18.2. The Morgan fingerprint density at radius 3 is 2.00 bits per heavy atom. The molecule has 3 aromatic rings. The van der Waals surface area contributed by atoms with Crippen LogP contribution < -0.4 is 20.1 Å². The number of nitrogens with one attached hydrogen (secondary N) is 2. The zero-order chi connectivity index (χ0) is 27.3. The van der Waals surface area contributed by atoms with Crippen LogP contribution in [0.2, 0.25) is 0 Å². The van der Waals surface area contributed by atoms with Crippen LogP contribution in [0.3, 0.4) is 0 Å². The van der Waals surface area contributed by atoms with Crippen molar-refractivity contribution in [2.24, 2.45) is 0 Å². The number of nitrogens with zero attached hydrogens (tertiary/aromatic N) is 1. The highest BCUT2D eigenvalue weighted by atomic mass is 32.1. The molecule has 0 fully saturated rings. The van der Waals surface area contributed by atoms with E-state index < -0.39 is 0 Å². The van der Waals surface area contributed by atoms with Crippen molar-refractivity contribution in [3.8, 4) is 11.5 Å². The van der Waals surface area contributed by atoms with Crippen molar-refractivity contribution >= 4 is 29.1 Å². The van der Waals surface area contributed by atoms with Crippen molar-refractivity contribution in [2.45, 2.75) is 39.3 Å². The molecule has 0 aromatic heterocycles. The molecule has 38 heavy (non-hydrogen) atoms. The molecule has 7 nitrogen and oxygen atoms in total. The van der Waals surface area contributed by atoms with Gasteiger partial charge in [0, 0.05) is 13.1 Å². The summed E-state index contributed by atoms with van der Waals surface area (Å²) in [5, 5.41) is 7.02. The van der Waals surface area contributed by atoms with E-state index >= 15 is 0 Å². The second kappa shape index (κ2) is 11.6. The van der Waals surface area contributed by atoms with Crippen molar-refractivity contribution < 1.29 is 19.1 Å². The lowest BCUT2D eigenvalue weighted by atomic mass is 9.87. The predicted molar refractivity (Wildman–Crippen MR) is 152 cm³/mol. The van der Waals surface area contributed by atoms with Gasteiger partial charge in [0.15, 0.2) is 16.6 Å². The smallest absolute Gasteiger partial charge is 0.261 e. The highest BCUT2D eigenvalue weighted by Gasteiger charge is 2.34. The van der Waals surface area contributed by atoms with E-state index in [2.05, 4.69) is 55.7 Å². The number of amides is 2. The fourth-order valence-electron chi connectivity index (χ4n) is 4.18. The number of thiocarbonyl (C=S) groups is 1. The van der Waals surface area contributed by atoms with E-state index in [-0.39, 0.29) is 30.4 Å². The number of imide groups is 1. The van der Waals surface area contributed by atoms with Crippen LogP contribution in [0.4, 0.5) is 0 Å².